The van der Waals surface area contributed by atoms with Gasteiger partial charge in [-0.3, -0.25) is 9.36 Å². The zero-order valence-corrected chi connectivity index (χ0v) is 27.5. The molecule has 0 saturated heterocycles. The van der Waals surface area contributed by atoms with Crippen molar-refractivity contribution in [2.75, 3.05) is 7.11 Å². The molecule has 1 aliphatic heterocycles. The van der Waals surface area contributed by atoms with E-state index in [-0.39, 0.29) is 17.2 Å². The van der Waals surface area contributed by atoms with E-state index in [9.17, 15) is 14.9 Å². The number of hydrogen-bond acceptors (Lipinski definition) is 7. The molecule has 0 spiro atoms. The summed E-state index contributed by atoms with van der Waals surface area (Å²) in [5.41, 5.74) is 4.49. The number of nitrogens with zero attached hydrogens (tertiary/aromatic N) is 4. The zero-order chi connectivity index (χ0) is 31.8. The van der Waals surface area contributed by atoms with Gasteiger partial charge in [0.1, 0.15) is 11.8 Å². The van der Waals surface area contributed by atoms with Crippen molar-refractivity contribution in [2.45, 2.75) is 39.5 Å². The molecule has 0 radical (unpaired) electrons. The summed E-state index contributed by atoms with van der Waals surface area (Å²) in [6.45, 7) is 5.83. The van der Waals surface area contributed by atoms with Crippen molar-refractivity contribution in [2.24, 2.45) is 4.99 Å². The second-order valence-corrected chi connectivity index (χ2v) is 12.8. The molecular weight excluding hydrogens is 652 g/mol. The predicted molar refractivity (Wildman–Crippen MR) is 178 cm³/mol. The number of benzene rings is 3. The molecule has 0 unspecified atom stereocenters. The highest BCUT2D eigenvalue weighted by atomic mass is 79.9. The van der Waals surface area contributed by atoms with Crippen LogP contribution in [-0.4, -0.2) is 28.3 Å². The van der Waals surface area contributed by atoms with Gasteiger partial charge in [0.15, 0.2) is 4.80 Å². The fourth-order valence-electron chi connectivity index (χ4n) is 5.69. The number of methoxy groups -OCH3 is 1. The van der Waals surface area contributed by atoms with Crippen LogP contribution < -0.4 is 19.6 Å². The molecule has 1 aliphatic rings. The lowest BCUT2D eigenvalue weighted by molar-refractivity contribution is -0.143. The highest BCUT2D eigenvalue weighted by Gasteiger charge is 2.35. The Kier molecular flexibility index (Phi) is 8.32. The maximum atomic E-state index is 14.3. The molecule has 0 fully saturated rings. The monoisotopic (exact) mass is 680 g/mol. The standard InChI is InChI=1S/C35H29BrN4O4S/c1-20(2)44-34(42)31-21(3)38-35-40(32(31)27-16-25(36)13-14-29(27)43-4)33(41)30(45-35)15-24-19-39(28-12-8-7-11-26(24)28)18-23-10-6-5-9-22(23)17-37/h5-16,19-20,32H,18H2,1-4H3/b30-15-/t32-/m0/s1. The minimum atomic E-state index is -0.814. The largest absolute Gasteiger partial charge is 0.496 e. The van der Waals surface area contributed by atoms with Gasteiger partial charge in [-0.05, 0) is 62.7 Å². The number of allylic oxidation sites excluding steroid dienone is 1. The number of para-hydroxylation sites is 1. The molecule has 0 amide bonds. The molecule has 0 bridgehead atoms. The molecular formula is C35H29BrN4O4S. The maximum absolute atomic E-state index is 14.3. The topological polar surface area (TPSA) is 98.6 Å². The Morgan fingerprint density at radius 2 is 1.91 bits per heavy atom. The van der Waals surface area contributed by atoms with E-state index in [1.807, 2.05) is 72.9 Å². The molecule has 3 aromatic carbocycles. The van der Waals surface area contributed by atoms with E-state index in [2.05, 4.69) is 26.6 Å². The third kappa shape index (κ3) is 5.65. The summed E-state index contributed by atoms with van der Waals surface area (Å²) in [7, 11) is 1.56. The van der Waals surface area contributed by atoms with Gasteiger partial charge in [-0.15, -0.1) is 0 Å². The van der Waals surface area contributed by atoms with Crippen LogP contribution in [0.15, 0.2) is 98.5 Å². The van der Waals surface area contributed by atoms with Crippen molar-refractivity contribution in [3.8, 4) is 11.8 Å². The first-order valence-electron chi connectivity index (χ1n) is 14.3. The summed E-state index contributed by atoms with van der Waals surface area (Å²) < 4.78 is 16.2. The van der Waals surface area contributed by atoms with Crippen LogP contribution in [-0.2, 0) is 16.1 Å². The van der Waals surface area contributed by atoms with Crippen LogP contribution in [0.2, 0.25) is 0 Å². The number of nitriles is 1. The Balaban J connectivity index is 1.55. The molecule has 10 heteroatoms. The summed E-state index contributed by atoms with van der Waals surface area (Å²) >= 11 is 4.82. The van der Waals surface area contributed by atoms with Crippen molar-refractivity contribution in [1.29, 1.82) is 5.26 Å². The number of fused-ring (bicyclic) bond motifs is 2. The SMILES string of the molecule is COc1ccc(Br)cc1[C@H]1C(C(=O)OC(C)C)=C(C)N=c2s/c(=C\c3cn(Cc4ccccc4C#N)c4ccccc34)c(=O)n21. The molecule has 2 aromatic heterocycles. The number of rotatable bonds is 7. The van der Waals surface area contributed by atoms with E-state index in [1.165, 1.54) is 11.3 Å². The molecule has 5 aromatic rings. The average molecular weight is 682 g/mol. The molecule has 0 N–H and O–H groups in total. The Morgan fingerprint density at radius 3 is 2.67 bits per heavy atom. The van der Waals surface area contributed by atoms with Gasteiger partial charge in [0.2, 0.25) is 0 Å². The van der Waals surface area contributed by atoms with Gasteiger partial charge in [0.05, 0.1) is 40.6 Å². The second kappa shape index (κ2) is 12.3. The van der Waals surface area contributed by atoms with E-state index >= 15 is 0 Å². The normalized spacial score (nSPS) is 14.8. The maximum Gasteiger partial charge on any atom is 0.338 e. The minimum Gasteiger partial charge on any atom is -0.496 e. The highest BCUT2D eigenvalue weighted by Crippen LogP contribution is 2.37. The third-order valence-corrected chi connectivity index (χ3v) is 9.13. The summed E-state index contributed by atoms with van der Waals surface area (Å²) in [5, 5.41) is 10.6. The lowest BCUT2D eigenvalue weighted by Gasteiger charge is -2.26. The molecule has 45 heavy (non-hydrogen) atoms. The number of carbonyl (C=O) groups is 1. The quantitative estimate of drug-likeness (QED) is 0.202. The van der Waals surface area contributed by atoms with Gasteiger partial charge in [0, 0.05) is 39.2 Å². The van der Waals surface area contributed by atoms with E-state index in [0.29, 0.717) is 38.5 Å². The number of thiazole rings is 1. The van der Waals surface area contributed by atoms with Crippen LogP contribution in [0.1, 0.15) is 49.1 Å². The van der Waals surface area contributed by atoms with Crippen molar-refractivity contribution < 1.29 is 14.3 Å². The Labute approximate surface area is 271 Å². The van der Waals surface area contributed by atoms with Crippen LogP contribution >= 0.6 is 27.3 Å². The second-order valence-electron chi connectivity index (χ2n) is 10.9. The Morgan fingerprint density at radius 1 is 1.16 bits per heavy atom. The van der Waals surface area contributed by atoms with Gasteiger partial charge in [0.25, 0.3) is 5.56 Å². The van der Waals surface area contributed by atoms with Crippen LogP contribution in [0.3, 0.4) is 0 Å². The third-order valence-electron chi connectivity index (χ3n) is 7.66. The smallest absolute Gasteiger partial charge is 0.338 e. The first-order chi connectivity index (χ1) is 21.7. The predicted octanol–water partition coefficient (Wildman–Crippen LogP) is 5.83. The van der Waals surface area contributed by atoms with Gasteiger partial charge in [-0.2, -0.15) is 5.26 Å². The zero-order valence-electron chi connectivity index (χ0n) is 25.1. The molecule has 1 atom stereocenters. The van der Waals surface area contributed by atoms with Gasteiger partial charge >= 0.3 is 5.97 Å². The van der Waals surface area contributed by atoms with Crippen molar-refractivity contribution >= 4 is 50.2 Å². The summed E-state index contributed by atoms with van der Waals surface area (Å²) in [6.07, 6.45) is 3.52. The molecule has 0 saturated carbocycles. The van der Waals surface area contributed by atoms with Crippen molar-refractivity contribution in [3.05, 3.63) is 131 Å². The van der Waals surface area contributed by atoms with Crippen LogP contribution in [0, 0.1) is 11.3 Å². The Bertz CT molecular complexity index is 2240. The van der Waals surface area contributed by atoms with E-state index in [4.69, 9.17) is 14.5 Å². The lowest BCUT2D eigenvalue weighted by atomic mass is 9.95. The van der Waals surface area contributed by atoms with Crippen LogP contribution in [0.25, 0.3) is 17.0 Å². The van der Waals surface area contributed by atoms with E-state index in [0.717, 1.165) is 26.5 Å². The summed E-state index contributed by atoms with van der Waals surface area (Å²) in [5.74, 6) is -0.00340. The Hall–Kier alpha value is -4.72. The summed E-state index contributed by atoms with van der Waals surface area (Å²) in [4.78, 5) is 33.0. The van der Waals surface area contributed by atoms with Gasteiger partial charge in [-0.1, -0.05) is 63.7 Å². The average Bonchev–Trinajstić information content (AvgIpc) is 3.52. The van der Waals surface area contributed by atoms with Gasteiger partial charge < -0.3 is 14.0 Å². The summed E-state index contributed by atoms with van der Waals surface area (Å²) in [6, 6.07) is 22.5. The number of hydrogen-bond donors (Lipinski definition) is 0. The van der Waals surface area contributed by atoms with Gasteiger partial charge in [-0.25, -0.2) is 9.79 Å². The van der Waals surface area contributed by atoms with Crippen LogP contribution in [0.5, 0.6) is 5.75 Å². The highest BCUT2D eigenvalue weighted by molar-refractivity contribution is 9.10. The number of esters is 1. The first kappa shape index (κ1) is 30.3. The number of halogens is 1. The number of ether oxygens (including phenoxy) is 2. The van der Waals surface area contributed by atoms with E-state index in [1.54, 1.807) is 38.5 Å². The lowest BCUT2D eigenvalue weighted by Crippen LogP contribution is -2.40. The van der Waals surface area contributed by atoms with Crippen molar-refractivity contribution in [3.63, 3.8) is 0 Å². The molecule has 0 aliphatic carbocycles. The fraction of sp³-hybridized carbons (Fsp3) is 0.200. The molecule has 6 rings (SSSR count). The number of carbonyl (C=O) groups excluding carboxylic acids is 1. The fourth-order valence-corrected chi connectivity index (χ4v) is 7.10. The van der Waals surface area contributed by atoms with E-state index < -0.39 is 12.0 Å². The molecule has 226 valence electrons. The van der Waals surface area contributed by atoms with Crippen LogP contribution in [0.4, 0.5) is 0 Å². The first-order valence-corrected chi connectivity index (χ1v) is 15.9. The minimum absolute atomic E-state index is 0.278. The number of aromatic nitrogens is 2. The molecule has 8 nitrogen and oxygen atoms in total. The van der Waals surface area contributed by atoms with Crippen molar-refractivity contribution in [1.82, 2.24) is 9.13 Å². The molecule has 3 heterocycles.